The molecular weight excluding hydrogens is 416 g/mol. The lowest BCUT2D eigenvalue weighted by Gasteiger charge is -2.54. The van der Waals surface area contributed by atoms with E-state index >= 15 is 0 Å². The maximum absolute atomic E-state index is 7.46. The fourth-order valence-corrected chi connectivity index (χ4v) is 9.00. The molecular formula is C31H36N2O. The monoisotopic (exact) mass is 452 g/mol. The van der Waals surface area contributed by atoms with Crippen molar-refractivity contribution in [3.8, 4) is 0 Å². The fourth-order valence-electron chi connectivity index (χ4n) is 9.00. The molecule has 176 valence electrons. The number of allylic oxidation sites excluding steroid dienone is 1. The molecule has 2 bridgehead atoms. The first-order valence-electron chi connectivity index (χ1n) is 13.8. The van der Waals surface area contributed by atoms with E-state index in [0.717, 1.165) is 6.04 Å². The summed E-state index contributed by atoms with van der Waals surface area (Å²) in [5.74, 6) is 1.21. The standard InChI is InChI=1S/C31H36N2O/c1-29-12-10-24-17-23-4-5-26(33-25-6-7-25)18-30(23)13-14-31(24,34-30)28(29)9-8-27(29)21-3-2-20-11-15-32-19-22(20)16-21/h2-3,10-11,15-17,19,25-28,33H,4-9,12-14,18H2,1H3/t26-,27?,28+,29+,30+,31+/m0/s1. The van der Waals surface area contributed by atoms with Gasteiger partial charge in [0.05, 0.1) is 11.2 Å². The largest absolute Gasteiger partial charge is 0.359 e. The van der Waals surface area contributed by atoms with Gasteiger partial charge < -0.3 is 10.1 Å². The number of hydrogen-bond donors (Lipinski definition) is 1. The van der Waals surface area contributed by atoms with Crippen molar-refractivity contribution in [2.24, 2.45) is 11.3 Å². The molecule has 3 saturated carbocycles. The number of benzene rings is 1. The van der Waals surface area contributed by atoms with E-state index in [1.807, 2.05) is 12.4 Å². The molecule has 3 heteroatoms. The highest BCUT2D eigenvalue weighted by atomic mass is 16.5. The van der Waals surface area contributed by atoms with Crippen LogP contribution in [0.15, 0.2) is 60.0 Å². The lowest BCUT2D eigenvalue weighted by Crippen LogP contribution is -2.55. The molecule has 1 unspecified atom stereocenters. The van der Waals surface area contributed by atoms with Crippen molar-refractivity contribution in [3.63, 3.8) is 0 Å². The maximum atomic E-state index is 7.46. The van der Waals surface area contributed by atoms with E-state index in [9.17, 15) is 0 Å². The number of nitrogens with one attached hydrogen (secondary N) is 1. The maximum Gasteiger partial charge on any atom is 0.0974 e. The number of rotatable bonds is 3. The zero-order valence-corrected chi connectivity index (χ0v) is 20.4. The Balaban J connectivity index is 1.15. The molecule has 2 aromatic rings. The van der Waals surface area contributed by atoms with Gasteiger partial charge in [-0.1, -0.05) is 31.2 Å². The highest BCUT2D eigenvalue weighted by Gasteiger charge is 2.66. The Morgan fingerprint density at radius 3 is 2.85 bits per heavy atom. The lowest BCUT2D eigenvalue weighted by molar-refractivity contribution is -0.136. The van der Waals surface area contributed by atoms with Gasteiger partial charge in [0.1, 0.15) is 0 Å². The highest BCUT2D eigenvalue weighted by Crippen LogP contribution is 2.69. The SMILES string of the molecule is C[C@]12CC=C3C=C4CC[C@H](NC5CC5)C[C@]45CC[C@]3(O5)[C@@H]1CCC2c1ccc2ccncc2c1. The van der Waals surface area contributed by atoms with Crippen LogP contribution in [-0.4, -0.2) is 28.3 Å². The number of hydrogen-bond acceptors (Lipinski definition) is 3. The highest BCUT2D eigenvalue weighted by molar-refractivity contribution is 5.82. The summed E-state index contributed by atoms with van der Waals surface area (Å²) in [4.78, 5) is 4.39. The van der Waals surface area contributed by atoms with E-state index in [2.05, 4.69) is 53.6 Å². The van der Waals surface area contributed by atoms with Crippen molar-refractivity contribution in [2.45, 2.75) is 100 Å². The van der Waals surface area contributed by atoms with Gasteiger partial charge in [-0.15, -0.1) is 0 Å². The summed E-state index contributed by atoms with van der Waals surface area (Å²) in [6.07, 6.45) is 21.7. The van der Waals surface area contributed by atoms with Crippen molar-refractivity contribution in [1.29, 1.82) is 0 Å². The average molecular weight is 453 g/mol. The first-order valence-corrected chi connectivity index (χ1v) is 13.8. The van der Waals surface area contributed by atoms with Gasteiger partial charge in [-0.2, -0.15) is 0 Å². The van der Waals surface area contributed by atoms with E-state index in [4.69, 9.17) is 4.74 Å². The Kier molecular flexibility index (Phi) is 4.06. The van der Waals surface area contributed by atoms with Gasteiger partial charge in [-0.3, -0.25) is 4.98 Å². The predicted molar refractivity (Wildman–Crippen MR) is 136 cm³/mol. The molecule has 1 aromatic carbocycles. The molecule has 1 aromatic heterocycles. The van der Waals surface area contributed by atoms with E-state index < -0.39 is 0 Å². The Morgan fingerprint density at radius 2 is 1.94 bits per heavy atom. The van der Waals surface area contributed by atoms with Gasteiger partial charge in [-0.25, -0.2) is 0 Å². The van der Waals surface area contributed by atoms with Crippen LogP contribution in [0.5, 0.6) is 0 Å². The smallest absolute Gasteiger partial charge is 0.0974 e. The van der Waals surface area contributed by atoms with E-state index in [1.165, 1.54) is 86.1 Å². The van der Waals surface area contributed by atoms with Crippen LogP contribution in [0.3, 0.4) is 0 Å². The van der Waals surface area contributed by atoms with Gasteiger partial charge in [-0.05, 0) is 116 Å². The van der Waals surface area contributed by atoms with Gasteiger partial charge in [0.25, 0.3) is 0 Å². The summed E-state index contributed by atoms with van der Waals surface area (Å²) in [7, 11) is 0. The van der Waals surface area contributed by atoms with Gasteiger partial charge in [0.15, 0.2) is 0 Å². The van der Waals surface area contributed by atoms with E-state index in [1.54, 1.807) is 5.57 Å². The summed E-state index contributed by atoms with van der Waals surface area (Å²) >= 11 is 0. The molecule has 2 spiro atoms. The van der Waals surface area contributed by atoms with Crippen LogP contribution >= 0.6 is 0 Å². The first kappa shape index (κ1) is 20.2. The number of ether oxygens (including phenoxy) is 1. The molecule has 0 amide bonds. The second-order valence-electron chi connectivity index (χ2n) is 12.6. The van der Waals surface area contributed by atoms with Crippen LogP contribution in [0.1, 0.15) is 82.6 Å². The molecule has 34 heavy (non-hydrogen) atoms. The summed E-state index contributed by atoms with van der Waals surface area (Å²) < 4.78 is 7.46. The van der Waals surface area contributed by atoms with E-state index in [0.29, 0.717) is 17.9 Å². The Labute approximate surface area is 203 Å². The summed E-state index contributed by atoms with van der Waals surface area (Å²) in [6, 6.07) is 10.7. The molecule has 8 rings (SSSR count). The zero-order valence-electron chi connectivity index (χ0n) is 20.4. The second kappa shape index (κ2) is 6.83. The molecule has 1 N–H and O–H groups in total. The van der Waals surface area contributed by atoms with Crippen LogP contribution in [0.25, 0.3) is 10.8 Å². The van der Waals surface area contributed by atoms with Crippen molar-refractivity contribution >= 4 is 10.8 Å². The molecule has 4 fully saturated rings. The molecule has 3 nitrogen and oxygen atoms in total. The predicted octanol–water partition coefficient (Wildman–Crippen LogP) is 6.60. The number of pyridine rings is 1. The summed E-state index contributed by atoms with van der Waals surface area (Å²) in [5, 5.41) is 6.51. The Bertz CT molecular complexity index is 1240. The fraction of sp³-hybridized carbons (Fsp3) is 0.581. The second-order valence-corrected chi connectivity index (χ2v) is 12.6. The summed E-state index contributed by atoms with van der Waals surface area (Å²) in [6.45, 7) is 2.58. The molecule has 2 aliphatic heterocycles. The Hall–Kier alpha value is -1.97. The zero-order chi connectivity index (χ0) is 22.5. The minimum absolute atomic E-state index is 0.00705. The van der Waals surface area contributed by atoms with E-state index in [-0.39, 0.29) is 16.6 Å². The topological polar surface area (TPSA) is 34.1 Å². The van der Waals surface area contributed by atoms with Gasteiger partial charge in [0, 0.05) is 29.9 Å². The lowest BCUT2D eigenvalue weighted by atomic mass is 9.58. The quantitative estimate of drug-likeness (QED) is 0.570. The van der Waals surface area contributed by atoms with Gasteiger partial charge in [0.2, 0.25) is 0 Å². The molecule has 4 aliphatic carbocycles. The molecule has 6 aliphatic rings. The first-order chi connectivity index (χ1) is 16.6. The average Bonchev–Trinajstić information content (AvgIpc) is 3.52. The van der Waals surface area contributed by atoms with Crippen molar-refractivity contribution in [1.82, 2.24) is 10.3 Å². The molecule has 6 atom stereocenters. The number of fused-ring (bicyclic) bond motifs is 2. The minimum atomic E-state index is -0.0505. The normalized spacial score (nSPS) is 42.6. The van der Waals surface area contributed by atoms with Crippen LogP contribution in [0, 0.1) is 11.3 Å². The third kappa shape index (κ3) is 2.69. The number of aromatic nitrogens is 1. The van der Waals surface area contributed by atoms with Crippen molar-refractivity contribution < 1.29 is 4.74 Å². The van der Waals surface area contributed by atoms with Crippen LogP contribution < -0.4 is 5.32 Å². The van der Waals surface area contributed by atoms with Crippen LogP contribution in [0.4, 0.5) is 0 Å². The van der Waals surface area contributed by atoms with Gasteiger partial charge >= 0.3 is 0 Å². The third-order valence-electron chi connectivity index (χ3n) is 10.8. The minimum Gasteiger partial charge on any atom is -0.359 e. The molecule has 0 radical (unpaired) electrons. The van der Waals surface area contributed by atoms with Crippen LogP contribution in [-0.2, 0) is 4.74 Å². The summed E-state index contributed by atoms with van der Waals surface area (Å²) in [5.41, 5.74) is 4.87. The molecule has 3 heterocycles. The van der Waals surface area contributed by atoms with Crippen LogP contribution in [0.2, 0.25) is 0 Å². The molecule has 1 saturated heterocycles. The third-order valence-corrected chi connectivity index (χ3v) is 10.8. The Morgan fingerprint density at radius 1 is 1.00 bits per heavy atom. The van der Waals surface area contributed by atoms with Crippen molar-refractivity contribution in [3.05, 3.63) is 65.5 Å². The number of nitrogens with zero attached hydrogens (tertiary/aromatic N) is 1. The van der Waals surface area contributed by atoms with Crippen molar-refractivity contribution in [2.75, 3.05) is 0 Å².